The third kappa shape index (κ3) is 5.48. The Balaban J connectivity index is 2.26. The van der Waals surface area contributed by atoms with Gasteiger partial charge in [0.1, 0.15) is 0 Å². The number of rotatable bonds is 7. The summed E-state index contributed by atoms with van der Waals surface area (Å²) in [5.41, 5.74) is 0. The van der Waals surface area contributed by atoms with Gasteiger partial charge < -0.3 is 15.0 Å². The summed E-state index contributed by atoms with van der Waals surface area (Å²) in [6.45, 7) is 11.2. The predicted molar refractivity (Wildman–Crippen MR) is 68.1 cm³/mol. The van der Waals surface area contributed by atoms with E-state index < -0.39 is 0 Å². The maximum Gasteiger partial charge on any atom is 0.236 e. The molecule has 0 unspecified atom stereocenters. The molecule has 1 aliphatic heterocycles. The lowest BCUT2D eigenvalue weighted by Gasteiger charge is -2.29. The molecular formula is C12H25N3O2. The van der Waals surface area contributed by atoms with Gasteiger partial charge in [-0.3, -0.25) is 9.69 Å². The van der Waals surface area contributed by atoms with Crippen molar-refractivity contribution in [3.8, 4) is 0 Å². The highest BCUT2D eigenvalue weighted by molar-refractivity contribution is 5.78. The number of likely N-dealkylation sites (N-methyl/N-ethyl adjacent to an activating group) is 1. The smallest absolute Gasteiger partial charge is 0.236 e. The summed E-state index contributed by atoms with van der Waals surface area (Å²) in [7, 11) is 0. The maximum atomic E-state index is 12.0. The van der Waals surface area contributed by atoms with Crippen molar-refractivity contribution in [1.29, 1.82) is 0 Å². The van der Waals surface area contributed by atoms with Crippen LogP contribution in [0.1, 0.15) is 13.8 Å². The summed E-state index contributed by atoms with van der Waals surface area (Å²) in [6, 6.07) is 0. The van der Waals surface area contributed by atoms with Crippen LogP contribution in [0.3, 0.4) is 0 Å². The molecule has 0 saturated carbocycles. The van der Waals surface area contributed by atoms with E-state index in [2.05, 4.69) is 10.2 Å². The van der Waals surface area contributed by atoms with E-state index in [9.17, 15) is 4.79 Å². The minimum atomic E-state index is 0.217. The number of nitrogens with one attached hydrogen (secondary N) is 1. The Bertz CT molecular complexity index is 218. The van der Waals surface area contributed by atoms with Crippen LogP contribution in [0.5, 0.6) is 0 Å². The molecule has 17 heavy (non-hydrogen) atoms. The highest BCUT2D eigenvalue weighted by Crippen LogP contribution is 1.97. The van der Waals surface area contributed by atoms with Gasteiger partial charge in [0, 0.05) is 45.9 Å². The first-order valence-corrected chi connectivity index (χ1v) is 6.56. The standard InChI is InChI=1S/C12H25N3O2/c1-3-15(9-10-17-4-2)12(16)11-14-7-5-13-6-8-14/h13H,3-11H2,1-2H3. The van der Waals surface area contributed by atoms with Crippen molar-refractivity contribution in [2.45, 2.75) is 13.8 Å². The first-order valence-electron chi connectivity index (χ1n) is 6.56. The SMILES string of the molecule is CCOCCN(CC)C(=O)CN1CCNCC1. The lowest BCUT2D eigenvalue weighted by Crippen LogP contribution is -2.48. The average Bonchev–Trinajstić information content (AvgIpc) is 2.36. The molecule has 0 radical (unpaired) electrons. The fourth-order valence-electron chi connectivity index (χ4n) is 1.94. The molecule has 1 saturated heterocycles. The number of ether oxygens (including phenoxy) is 1. The molecule has 0 spiro atoms. The van der Waals surface area contributed by atoms with Gasteiger partial charge in [-0.25, -0.2) is 0 Å². The van der Waals surface area contributed by atoms with E-state index in [-0.39, 0.29) is 5.91 Å². The van der Waals surface area contributed by atoms with Gasteiger partial charge in [-0.15, -0.1) is 0 Å². The van der Waals surface area contributed by atoms with E-state index in [1.807, 2.05) is 18.7 Å². The van der Waals surface area contributed by atoms with Gasteiger partial charge in [0.2, 0.25) is 5.91 Å². The average molecular weight is 243 g/mol. The van der Waals surface area contributed by atoms with E-state index in [0.29, 0.717) is 26.3 Å². The van der Waals surface area contributed by atoms with Crippen LogP contribution < -0.4 is 5.32 Å². The molecule has 0 aromatic carbocycles. The van der Waals surface area contributed by atoms with Crippen LogP contribution in [0.2, 0.25) is 0 Å². The Morgan fingerprint density at radius 1 is 1.35 bits per heavy atom. The lowest BCUT2D eigenvalue weighted by atomic mass is 10.3. The zero-order valence-corrected chi connectivity index (χ0v) is 11.1. The van der Waals surface area contributed by atoms with Crippen LogP contribution in [0.15, 0.2) is 0 Å². The molecule has 0 atom stereocenters. The fourth-order valence-corrected chi connectivity index (χ4v) is 1.94. The van der Waals surface area contributed by atoms with E-state index >= 15 is 0 Å². The number of hydrogen-bond donors (Lipinski definition) is 1. The van der Waals surface area contributed by atoms with E-state index in [4.69, 9.17) is 4.74 Å². The van der Waals surface area contributed by atoms with Crippen molar-refractivity contribution in [3.63, 3.8) is 0 Å². The van der Waals surface area contributed by atoms with Gasteiger partial charge >= 0.3 is 0 Å². The zero-order chi connectivity index (χ0) is 12.5. The Labute approximate surface area is 104 Å². The fraction of sp³-hybridized carbons (Fsp3) is 0.917. The summed E-state index contributed by atoms with van der Waals surface area (Å²) in [5, 5.41) is 3.29. The Hall–Kier alpha value is -0.650. The molecule has 100 valence electrons. The minimum Gasteiger partial charge on any atom is -0.380 e. The molecule has 0 bridgehead atoms. The molecule has 1 amide bonds. The minimum absolute atomic E-state index is 0.217. The summed E-state index contributed by atoms with van der Waals surface area (Å²) in [6.07, 6.45) is 0. The monoisotopic (exact) mass is 243 g/mol. The molecule has 5 heteroatoms. The Morgan fingerprint density at radius 3 is 2.65 bits per heavy atom. The van der Waals surface area contributed by atoms with Crippen LogP contribution in [0.4, 0.5) is 0 Å². The second-order valence-corrected chi connectivity index (χ2v) is 4.20. The van der Waals surface area contributed by atoms with Crippen LogP contribution in [-0.2, 0) is 9.53 Å². The molecule has 1 fully saturated rings. The van der Waals surface area contributed by atoms with Gasteiger partial charge in [-0.1, -0.05) is 0 Å². The number of carbonyl (C=O) groups is 1. The highest BCUT2D eigenvalue weighted by atomic mass is 16.5. The van der Waals surface area contributed by atoms with E-state index in [1.165, 1.54) is 0 Å². The van der Waals surface area contributed by atoms with Gasteiger partial charge in [-0.05, 0) is 13.8 Å². The topological polar surface area (TPSA) is 44.8 Å². The number of amides is 1. The van der Waals surface area contributed by atoms with Crippen molar-refractivity contribution in [2.75, 3.05) is 59.0 Å². The molecule has 0 aliphatic carbocycles. The summed E-state index contributed by atoms with van der Waals surface area (Å²) >= 11 is 0. The molecule has 1 N–H and O–H groups in total. The van der Waals surface area contributed by atoms with Gasteiger partial charge in [0.05, 0.1) is 13.2 Å². The zero-order valence-electron chi connectivity index (χ0n) is 11.1. The van der Waals surface area contributed by atoms with Gasteiger partial charge in [0.25, 0.3) is 0 Å². The quantitative estimate of drug-likeness (QED) is 0.628. The predicted octanol–water partition coefficient (Wildman–Crippen LogP) is -0.223. The highest BCUT2D eigenvalue weighted by Gasteiger charge is 2.17. The lowest BCUT2D eigenvalue weighted by molar-refractivity contribution is -0.133. The second kappa shape index (κ2) is 8.44. The molecule has 1 aliphatic rings. The summed E-state index contributed by atoms with van der Waals surface area (Å²) in [5.74, 6) is 0.217. The maximum absolute atomic E-state index is 12.0. The van der Waals surface area contributed by atoms with Crippen LogP contribution in [-0.4, -0.2) is 74.7 Å². The first-order chi connectivity index (χ1) is 8.27. The van der Waals surface area contributed by atoms with E-state index in [1.54, 1.807) is 0 Å². The molecule has 1 heterocycles. The largest absolute Gasteiger partial charge is 0.380 e. The number of carbonyl (C=O) groups excluding carboxylic acids is 1. The van der Waals surface area contributed by atoms with Crippen molar-refractivity contribution in [3.05, 3.63) is 0 Å². The number of nitrogens with zero attached hydrogens (tertiary/aromatic N) is 2. The molecule has 5 nitrogen and oxygen atoms in total. The summed E-state index contributed by atoms with van der Waals surface area (Å²) < 4.78 is 5.29. The number of hydrogen-bond acceptors (Lipinski definition) is 4. The van der Waals surface area contributed by atoms with Crippen LogP contribution in [0, 0.1) is 0 Å². The van der Waals surface area contributed by atoms with Crippen LogP contribution in [0.25, 0.3) is 0 Å². The molecular weight excluding hydrogens is 218 g/mol. The Morgan fingerprint density at radius 2 is 2.06 bits per heavy atom. The summed E-state index contributed by atoms with van der Waals surface area (Å²) in [4.78, 5) is 16.1. The molecule has 0 aromatic heterocycles. The second-order valence-electron chi connectivity index (χ2n) is 4.20. The molecule has 0 aromatic rings. The van der Waals surface area contributed by atoms with Crippen LogP contribution >= 0.6 is 0 Å². The normalized spacial score (nSPS) is 17.1. The third-order valence-corrected chi connectivity index (χ3v) is 3.01. The van der Waals surface area contributed by atoms with Crippen molar-refractivity contribution in [2.24, 2.45) is 0 Å². The first kappa shape index (κ1) is 14.4. The third-order valence-electron chi connectivity index (χ3n) is 3.01. The van der Waals surface area contributed by atoms with Crippen molar-refractivity contribution in [1.82, 2.24) is 15.1 Å². The van der Waals surface area contributed by atoms with E-state index in [0.717, 1.165) is 32.7 Å². The molecule has 1 rings (SSSR count). The number of piperazine rings is 1. The Kier molecular flexibility index (Phi) is 7.16. The van der Waals surface area contributed by atoms with Gasteiger partial charge in [-0.2, -0.15) is 0 Å². The van der Waals surface area contributed by atoms with Gasteiger partial charge in [0.15, 0.2) is 0 Å². The van der Waals surface area contributed by atoms with Crippen molar-refractivity contribution >= 4 is 5.91 Å². The van der Waals surface area contributed by atoms with Crippen molar-refractivity contribution < 1.29 is 9.53 Å².